The molecule has 1 aromatic rings. The van der Waals surface area contributed by atoms with Crippen LogP contribution in [0.15, 0.2) is 29.2 Å². The van der Waals surface area contributed by atoms with Crippen molar-refractivity contribution in [2.24, 2.45) is 5.92 Å². The molecule has 0 radical (unpaired) electrons. The van der Waals surface area contributed by atoms with Crippen LogP contribution in [0.2, 0.25) is 0 Å². The molecule has 3 atom stereocenters. The van der Waals surface area contributed by atoms with E-state index >= 15 is 0 Å². The molecular weight excluding hydrogens is 334 g/mol. The van der Waals surface area contributed by atoms with E-state index in [1.165, 1.54) is 36.1 Å². The number of benzene rings is 1. The normalized spacial score (nSPS) is 28.9. The van der Waals surface area contributed by atoms with Crippen LogP contribution in [0.3, 0.4) is 0 Å². The van der Waals surface area contributed by atoms with Gasteiger partial charge in [0.1, 0.15) is 0 Å². The van der Waals surface area contributed by atoms with Gasteiger partial charge in [-0.3, -0.25) is 4.79 Å². The van der Waals surface area contributed by atoms with Gasteiger partial charge in [-0.05, 0) is 30.4 Å². The van der Waals surface area contributed by atoms with Gasteiger partial charge in [0.2, 0.25) is 5.91 Å². The SMILES string of the molecule is O=C(NCC1CCCCC1Br)C1CSc2ccccc21. The second-order valence-electron chi connectivity index (χ2n) is 5.71. The van der Waals surface area contributed by atoms with Gasteiger partial charge in [0.15, 0.2) is 0 Å². The van der Waals surface area contributed by atoms with Crippen molar-refractivity contribution in [1.29, 1.82) is 0 Å². The quantitative estimate of drug-likeness (QED) is 0.833. The monoisotopic (exact) mass is 353 g/mol. The number of hydrogen-bond donors (Lipinski definition) is 1. The maximum Gasteiger partial charge on any atom is 0.228 e. The summed E-state index contributed by atoms with van der Waals surface area (Å²) < 4.78 is 0. The molecule has 1 aromatic carbocycles. The van der Waals surface area contributed by atoms with Crippen LogP contribution < -0.4 is 5.32 Å². The highest BCUT2D eigenvalue weighted by molar-refractivity contribution is 9.09. The first kappa shape index (κ1) is 14.5. The molecule has 1 aliphatic carbocycles. The van der Waals surface area contributed by atoms with E-state index in [1.54, 1.807) is 11.8 Å². The maximum atomic E-state index is 12.4. The molecule has 1 N–H and O–H groups in total. The fourth-order valence-corrected chi connectivity index (χ4v) is 5.13. The Hall–Kier alpha value is -0.480. The van der Waals surface area contributed by atoms with E-state index in [2.05, 4.69) is 33.4 Å². The van der Waals surface area contributed by atoms with Crippen molar-refractivity contribution in [2.45, 2.75) is 41.3 Å². The number of alkyl halides is 1. The minimum Gasteiger partial charge on any atom is -0.355 e. The molecule has 0 aromatic heterocycles. The molecule has 20 heavy (non-hydrogen) atoms. The van der Waals surface area contributed by atoms with Crippen LogP contribution in [-0.2, 0) is 4.79 Å². The number of thioether (sulfide) groups is 1. The minimum absolute atomic E-state index is 0.0357. The van der Waals surface area contributed by atoms with Crippen LogP contribution in [0, 0.1) is 5.92 Å². The molecule has 1 fully saturated rings. The van der Waals surface area contributed by atoms with Crippen molar-refractivity contribution in [2.75, 3.05) is 12.3 Å². The van der Waals surface area contributed by atoms with Gasteiger partial charge in [0.05, 0.1) is 5.92 Å². The third-order valence-corrected chi connectivity index (χ3v) is 6.76. The summed E-state index contributed by atoms with van der Waals surface area (Å²) in [6, 6.07) is 8.28. The Balaban J connectivity index is 1.58. The van der Waals surface area contributed by atoms with E-state index in [9.17, 15) is 4.79 Å². The van der Waals surface area contributed by atoms with E-state index in [0.717, 1.165) is 12.3 Å². The topological polar surface area (TPSA) is 29.1 Å². The molecule has 2 nitrogen and oxygen atoms in total. The van der Waals surface area contributed by atoms with Gasteiger partial charge in [-0.2, -0.15) is 0 Å². The summed E-state index contributed by atoms with van der Waals surface area (Å²) in [6.45, 7) is 0.818. The van der Waals surface area contributed by atoms with Gasteiger partial charge >= 0.3 is 0 Å². The summed E-state index contributed by atoms with van der Waals surface area (Å²) in [7, 11) is 0. The lowest BCUT2D eigenvalue weighted by atomic mass is 9.89. The first-order valence-electron chi connectivity index (χ1n) is 7.39. The lowest BCUT2D eigenvalue weighted by Gasteiger charge is -2.27. The van der Waals surface area contributed by atoms with Crippen LogP contribution in [0.25, 0.3) is 0 Å². The third kappa shape index (κ3) is 3.06. The fraction of sp³-hybridized carbons (Fsp3) is 0.562. The van der Waals surface area contributed by atoms with E-state index in [-0.39, 0.29) is 11.8 Å². The van der Waals surface area contributed by atoms with E-state index < -0.39 is 0 Å². The van der Waals surface area contributed by atoms with Gasteiger partial charge in [-0.25, -0.2) is 0 Å². The Morgan fingerprint density at radius 1 is 1.30 bits per heavy atom. The van der Waals surface area contributed by atoms with Crippen molar-refractivity contribution in [3.8, 4) is 0 Å². The molecule has 108 valence electrons. The Morgan fingerprint density at radius 2 is 2.10 bits per heavy atom. The van der Waals surface area contributed by atoms with Crippen molar-refractivity contribution in [3.63, 3.8) is 0 Å². The van der Waals surface area contributed by atoms with Gasteiger partial charge in [0.25, 0.3) is 0 Å². The van der Waals surface area contributed by atoms with Gasteiger partial charge in [-0.15, -0.1) is 11.8 Å². The van der Waals surface area contributed by atoms with Crippen LogP contribution >= 0.6 is 27.7 Å². The first-order valence-corrected chi connectivity index (χ1v) is 9.29. The molecule has 1 heterocycles. The summed E-state index contributed by atoms with van der Waals surface area (Å²) in [4.78, 5) is 14.3. The van der Waals surface area contributed by atoms with E-state index in [0.29, 0.717) is 10.7 Å². The molecule has 1 saturated carbocycles. The number of nitrogens with one attached hydrogen (secondary N) is 1. The minimum atomic E-state index is 0.0357. The number of carbonyl (C=O) groups excluding carboxylic acids is 1. The molecule has 0 spiro atoms. The lowest BCUT2D eigenvalue weighted by molar-refractivity contribution is -0.122. The Kier molecular flexibility index (Phi) is 4.72. The Morgan fingerprint density at radius 3 is 2.95 bits per heavy atom. The summed E-state index contributed by atoms with van der Waals surface area (Å²) in [6.07, 6.45) is 5.08. The zero-order valence-electron chi connectivity index (χ0n) is 11.5. The van der Waals surface area contributed by atoms with Crippen LogP contribution in [0.5, 0.6) is 0 Å². The summed E-state index contributed by atoms with van der Waals surface area (Å²) in [5.41, 5.74) is 1.20. The van der Waals surface area contributed by atoms with Gasteiger partial charge < -0.3 is 5.32 Å². The van der Waals surface area contributed by atoms with Crippen LogP contribution in [0.4, 0.5) is 0 Å². The zero-order valence-corrected chi connectivity index (χ0v) is 13.9. The van der Waals surface area contributed by atoms with Crippen molar-refractivity contribution in [1.82, 2.24) is 5.32 Å². The Labute approximate surface area is 133 Å². The number of hydrogen-bond acceptors (Lipinski definition) is 2. The molecule has 0 bridgehead atoms. The van der Waals surface area contributed by atoms with Crippen LogP contribution in [-0.4, -0.2) is 23.0 Å². The predicted molar refractivity (Wildman–Crippen MR) is 87.6 cm³/mol. The summed E-state index contributed by atoms with van der Waals surface area (Å²) >= 11 is 5.55. The predicted octanol–water partition coefficient (Wildman–Crippen LogP) is 3.95. The standard InChI is InChI=1S/C16H20BrNOS/c17-14-7-3-1-5-11(14)9-18-16(19)13-10-20-15-8-4-2-6-12(13)15/h2,4,6,8,11,13-14H,1,3,5,7,9-10H2,(H,18,19). The smallest absolute Gasteiger partial charge is 0.228 e. The molecule has 2 aliphatic rings. The number of rotatable bonds is 3. The highest BCUT2D eigenvalue weighted by atomic mass is 79.9. The number of amides is 1. The molecule has 3 unspecified atom stereocenters. The second-order valence-corrected chi connectivity index (χ2v) is 7.95. The number of halogens is 1. The molecule has 0 saturated heterocycles. The van der Waals surface area contributed by atoms with Crippen molar-refractivity contribution in [3.05, 3.63) is 29.8 Å². The first-order chi connectivity index (χ1) is 9.75. The molecule has 1 aliphatic heterocycles. The van der Waals surface area contributed by atoms with Gasteiger partial charge in [-0.1, -0.05) is 47.0 Å². The van der Waals surface area contributed by atoms with E-state index in [4.69, 9.17) is 0 Å². The highest BCUT2D eigenvalue weighted by Crippen LogP contribution is 2.39. The maximum absolute atomic E-state index is 12.4. The van der Waals surface area contributed by atoms with Crippen molar-refractivity contribution < 1.29 is 4.79 Å². The highest BCUT2D eigenvalue weighted by Gasteiger charge is 2.30. The largest absolute Gasteiger partial charge is 0.355 e. The molecular formula is C16H20BrNOS. The van der Waals surface area contributed by atoms with E-state index in [1.807, 2.05) is 12.1 Å². The number of fused-ring (bicyclic) bond motifs is 1. The number of carbonyl (C=O) groups is 1. The third-order valence-electron chi connectivity index (χ3n) is 4.37. The average Bonchev–Trinajstić information content (AvgIpc) is 2.90. The molecule has 4 heteroatoms. The summed E-state index contributed by atoms with van der Waals surface area (Å²) in [5, 5.41) is 3.18. The lowest BCUT2D eigenvalue weighted by Crippen LogP contribution is -2.37. The molecule has 3 rings (SSSR count). The average molecular weight is 354 g/mol. The second kappa shape index (κ2) is 6.52. The van der Waals surface area contributed by atoms with Gasteiger partial charge in [0, 0.05) is 22.0 Å². The Bertz CT molecular complexity index is 493. The molecule has 1 amide bonds. The van der Waals surface area contributed by atoms with Crippen molar-refractivity contribution >= 4 is 33.6 Å². The fourth-order valence-electron chi connectivity index (χ4n) is 3.13. The van der Waals surface area contributed by atoms with Crippen LogP contribution in [0.1, 0.15) is 37.2 Å². The zero-order chi connectivity index (χ0) is 13.9. The summed E-state index contributed by atoms with van der Waals surface area (Å²) in [5.74, 6) is 1.71.